The molecule has 2 rings (SSSR count). The number of nitrogens with one attached hydrogen (secondary N) is 2. The summed E-state index contributed by atoms with van der Waals surface area (Å²) in [7, 11) is 0. The number of nitrogens with zero attached hydrogens (tertiary/aromatic N) is 1. The zero-order chi connectivity index (χ0) is 13.7. The van der Waals surface area contributed by atoms with E-state index in [9.17, 15) is 9.59 Å². The van der Waals surface area contributed by atoms with Gasteiger partial charge in [0.05, 0.1) is 6.54 Å². The summed E-state index contributed by atoms with van der Waals surface area (Å²) in [4.78, 5) is 23.4. The first kappa shape index (κ1) is 14.0. The minimum Gasteiger partial charge on any atom is -0.347 e. The molecule has 0 aromatic rings. The first-order valence-electron chi connectivity index (χ1n) is 7.27. The van der Waals surface area contributed by atoms with Gasteiger partial charge >= 0.3 is 0 Å². The second-order valence-electron chi connectivity index (χ2n) is 5.62. The highest BCUT2D eigenvalue weighted by Gasteiger charge is 2.24. The zero-order valence-electron chi connectivity index (χ0n) is 11.6. The lowest BCUT2D eigenvalue weighted by Gasteiger charge is -2.20. The molecule has 0 aromatic carbocycles. The molecule has 2 aliphatic carbocycles. The number of rotatable bonds is 5. The van der Waals surface area contributed by atoms with Crippen LogP contribution in [-0.4, -0.2) is 24.1 Å². The molecule has 0 atom stereocenters. The Bertz CT molecular complexity index is 369. The fraction of sp³-hybridized carbons (Fsp3) is 0.786. The maximum absolute atomic E-state index is 11.8. The Hall–Kier alpha value is -1.39. The van der Waals surface area contributed by atoms with Crippen molar-refractivity contribution in [2.75, 3.05) is 6.54 Å². The second kappa shape index (κ2) is 6.68. The molecule has 0 unspecified atom stereocenters. The van der Waals surface area contributed by atoms with Gasteiger partial charge in [-0.3, -0.25) is 9.59 Å². The number of hydrogen-bond donors (Lipinski definition) is 2. The molecular weight excluding hydrogens is 242 g/mol. The molecule has 2 saturated carbocycles. The molecular formula is C14H23N3O2. The maximum atomic E-state index is 11.8. The van der Waals surface area contributed by atoms with Crippen LogP contribution in [0, 0.1) is 11.8 Å². The van der Waals surface area contributed by atoms with Gasteiger partial charge in [0, 0.05) is 11.6 Å². The van der Waals surface area contributed by atoms with Gasteiger partial charge in [0.1, 0.15) is 0 Å². The Morgan fingerprint density at radius 1 is 1.05 bits per heavy atom. The van der Waals surface area contributed by atoms with E-state index in [0.717, 1.165) is 31.4 Å². The summed E-state index contributed by atoms with van der Waals surface area (Å²) in [5.74, 6) is 0.414. The molecule has 2 amide bonds. The van der Waals surface area contributed by atoms with Crippen LogP contribution in [-0.2, 0) is 9.59 Å². The van der Waals surface area contributed by atoms with Crippen molar-refractivity contribution in [3.8, 4) is 0 Å². The van der Waals surface area contributed by atoms with Crippen molar-refractivity contribution >= 4 is 17.5 Å². The normalized spacial score (nSPS) is 21.0. The lowest BCUT2D eigenvalue weighted by molar-refractivity contribution is -0.129. The SMILES string of the molecule is CC(=NNC(=O)CNC(=O)C1CCCCC1)C1CC1. The van der Waals surface area contributed by atoms with Gasteiger partial charge in [0.25, 0.3) is 5.91 Å². The van der Waals surface area contributed by atoms with E-state index >= 15 is 0 Å². The largest absolute Gasteiger partial charge is 0.347 e. The first-order valence-corrected chi connectivity index (χ1v) is 7.27. The monoisotopic (exact) mass is 265 g/mol. The van der Waals surface area contributed by atoms with Crippen molar-refractivity contribution in [3.05, 3.63) is 0 Å². The van der Waals surface area contributed by atoms with E-state index in [0.29, 0.717) is 5.92 Å². The van der Waals surface area contributed by atoms with E-state index in [-0.39, 0.29) is 24.3 Å². The third kappa shape index (κ3) is 4.65. The molecule has 0 radical (unpaired) electrons. The van der Waals surface area contributed by atoms with E-state index in [4.69, 9.17) is 0 Å². The molecule has 0 heterocycles. The molecule has 2 aliphatic rings. The maximum Gasteiger partial charge on any atom is 0.259 e. The summed E-state index contributed by atoms with van der Waals surface area (Å²) in [6.45, 7) is 1.95. The van der Waals surface area contributed by atoms with Crippen molar-refractivity contribution in [2.24, 2.45) is 16.9 Å². The van der Waals surface area contributed by atoms with Gasteiger partial charge in [-0.05, 0) is 38.5 Å². The van der Waals surface area contributed by atoms with Gasteiger partial charge in [-0.15, -0.1) is 0 Å². The van der Waals surface area contributed by atoms with E-state index in [1.54, 1.807) is 0 Å². The second-order valence-corrected chi connectivity index (χ2v) is 5.62. The van der Waals surface area contributed by atoms with Gasteiger partial charge in [-0.1, -0.05) is 19.3 Å². The zero-order valence-corrected chi connectivity index (χ0v) is 11.6. The van der Waals surface area contributed by atoms with E-state index in [1.165, 1.54) is 19.3 Å². The fourth-order valence-corrected chi connectivity index (χ4v) is 2.46. The molecule has 2 N–H and O–H groups in total. The molecule has 2 fully saturated rings. The van der Waals surface area contributed by atoms with Crippen LogP contribution in [0.15, 0.2) is 5.10 Å². The Morgan fingerprint density at radius 2 is 1.74 bits per heavy atom. The fourth-order valence-electron chi connectivity index (χ4n) is 2.46. The Morgan fingerprint density at radius 3 is 2.37 bits per heavy atom. The third-order valence-electron chi connectivity index (χ3n) is 3.92. The van der Waals surface area contributed by atoms with Crippen LogP contribution in [0.3, 0.4) is 0 Å². The smallest absolute Gasteiger partial charge is 0.259 e. The summed E-state index contributed by atoms with van der Waals surface area (Å²) >= 11 is 0. The third-order valence-corrected chi connectivity index (χ3v) is 3.92. The highest BCUT2D eigenvalue weighted by Crippen LogP contribution is 2.30. The van der Waals surface area contributed by atoms with Crippen LogP contribution in [0.1, 0.15) is 51.9 Å². The number of hydrazone groups is 1. The highest BCUT2D eigenvalue weighted by molar-refractivity contribution is 5.89. The predicted octanol–water partition coefficient (Wildman–Crippen LogP) is 1.58. The van der Waals surface area contributed by atoms with Crippen LogP contribution in [0.5, 0.6) is 0 Å². The lowest BCUT2D eigenvalue weighted by atomic mass is 9.89. The highest BCUT2D eigenvalue weighted by atomic mass is 16.2. The van der Waals surface area contributed by atoms with Gasteiger partial charge in [0.2, 0.25) is 5.91 Å². The van der Waals surface area contributed by atoms with Crippen molar-refractivity contribution in [3.63, 3.8) is 0 Å². The van der Waals surface area contributed by atoms with Gasteiger partial charge in [-0.2, -0.15) is 5.10 Å². The van der Waals surface area contributed by atoms with Crippen LogP contribution in [0.4, 0.5) is 0 Å². The Kier molecular flexibility index (Phi) is 4.93. The molecule has 106 valence electrons. The molecule has 0 bridgehead atoms. The minimum absolute atomic E-state index is 0.0118. The average Bonchev–Trinajstić information content (AvgIpc) is 3.27. The number of carbonyl (C=O) groups excluding carboxylic acids is 2. The first-order chi connectivity index (χ1) is 9.16. The summed E-state index contributed by atoms with van der Waals surface area (Å²) < 4.78 is 0. The van der Waals surface area contributed by atoms with Crippen LogP contribution in [0.2, 0.25) is 0 Å². The van der Waals surface area contributed by atoms with Crippen LogP contribution in [0.25, 0.3) is 0 Å². The van der Waals surface area contributed by atoms with E-state index in [1.807, 2.05) is 6.92 Å². The molecule has 0 aliphatic heterocycles. The quantitative estimate of drug-likeness (QED) is 0.585. The standard InChI is InChI=1S/C14H23N3O2/c1-10(11-7-8-11)16-17-13(18)9-15-14(19)12-5-3-2-4-6-12/h11-12H,2-9H2,1H3,(H,15,19)(H,17,18). The van der Waals surface area contributed by atoms with E-state index < -0.39 is 0 Å². The van der Waals surface area contributed by atoms with Crippen LogP contribution < -0.4 is 10.7 Å². The predicted molar refractivity (Wildman–Crippen MR) is 73.6 cm³/mol. The molecule has 0 spiro atoms. The summed E-state index contributed by atoms with van der Waals surface area (Å²) in [6.07, 6.45) is 7.70. The van der Waals surface area contributed by atoms with Crippen LogP contribution >= 0.6 is 0 Å². The summed E-state index contributed by atoms with van der Waals surface area (Å²) in [5, 5.41) is 6.74. The molecule has 0 aromatic heterocycles. The molecule has 19 heavy (non-hydrogen) atoms. The number of carbonyl (C=O) groups is 2. The Labute approximate surface area is 114 Å². The lowest BCUT2D eigenvalue weighted by Crippen LogP contribution is -2.39. The summed E-state index contributed by atoms with van der Waals surface area (Å²) in [5.41, 5.74) is 3.48. The molecule has 0 saturated heterocycles. The van der Waals surface area contributed by atoms with Gasteiger partial charge < -0.3 is 5.32 Å². The topological polar surface area (TPSA) is 70.6 Å². The van der Waals surface area contributed by atoms with Gasteiger partial charge in [0.15, 0.2) is 0 Å². The average molecular weight is 265 g/mol. The van der Waals surface area contributed by atoms with E-state index in [2.05, 4.69) is 15.8 Å². The van der Waals surface area contributed by atoms with Crippen molar-refractivity contribution in [1.82, 2.24) is 10.7 Å². The summed E-state index contributed by atoms with van der Waals surface area (Å²) in [6, 6.07) is 0. The number of hydrogen-bond acceptors (Lipinski definition) is 3. The van der Waals surface area contributed by atoms with Gasteiger partial charge in [-0.25, -0.2) is 5.43 Å². The molecule has 5 nitrogen and oxygen atoms in total. The van der Waals surface area contributed by atoms with Crippen molar-refractivity contribution in [1.29, 1.82) is 0 Å². The minimum atomic E-state index is -0.246. The number of amides is 2. The molecule has 5 heteroatoms. The Balaban J connectivity index is 1.64. The van der Waals surface area contributed by atoms with Crippen molar-refractivity contribution in [2.45, 2.75) is 51.9 Å². The van der Waals surface area contributed by atoms with Crippen molar-refractivity contribution < 1.29 is 9.59 Å².